The minimum absolute atomic E-state index is 0.0186. The van der Waals surface area contributed by atoms with E-state index in [4.69, 9.17) is 0 Å². The second kappa shape index (κ2) is 8.61. The van der Waals surface area contributed by atoms with Gasteiger partial charge in [-0.15, -0.1) is 0 Å². The predicted octanol–water partition coefficient (Wildman–Crippen LogP) is 3.83. The lowest BCUT2D eigenvalue weighted by molar-refractivity contribution is -0.0200. The molecule has 2 aliphatic rings. The third kappa shape index (κ3) is 4.05. The van der Waals surface area contributed by atoms with E-state index in [0.29, 0.717) is 11.3 Å². The second-order valence-electron chi connectivity index (χ2n) is 9.74. The van der Waals surface area contributed by atoms with Crippen molar-refractivity contribution in [1.82, 2.24) is 30.6 Å². The zero-order valence-corrected chi connectivity index (χ0v) is 19.3. The minimum atomic E-state index is -0.105. The van der Waals surface area contributed by atoms with E-state index in [1.807, 2.05) is 41.3 Å². The zero-order valence-electron chi connectivity index (χ0n) is 19.3. The van der Waals surface area contributed by atoms with E-state index < -0.39 is 0 Å². The molecule has 1 aliphatic heterocycles. The number of hydrogen-bond acceptors (Lipinski definition) is 5. The van der Waals surface area contributed by atoms with Crippen molar-refractivity contribution in [3.8, 4) is 11.1 Å². The summed E-state index contributed by atoms with van der Waals surface area (Å²) in [5, 5.41) is 18.9. The highest BCUT2D eigenvalue weighted by Crippen LogP contribution is 2.44. The highest BCUT2D eigenvalue weighted by atomic mass is 16.2. The van der Waals surface area contributed by atoms with Crippen LogP contribution in [0.2, 0.25) is 0 Å². The van der Waals surface area contributed by atoms with Crippen molar-refractivity contribution in [2.75, 3.05) is 13.1 Å². The third-order valence-electron chi connectivity index (χ3n) is 7.44. The molecule has 2 aromatic carbocycles. The molecule has 1 saturated heterocycles. The number of benzene rings is 2. The van der Waals surface area contributed by atoms with Gasteiger partial charge in [-0.25, -0.2) is 0 Å². The molecule has 1 saturated carbocycles. The Morgan fingerprint density at radius 3 is 2.51 bits per heavy atom. The topological polar surface area (TPSA) is 104 Å². The van der Waals surface area contributed by atoms with E-state index in [-0.39, 0.29) is 23.3 Å². The maximum absolute atomic E-state index is 13.2. The SMILES string of the molecule is O=C(NC1CCC2(CC1)CN(C(=O)c1n[nH]c3cc(-c4ccccc4)ccc13)C2)c1ccnnc1. The van der Waals surface area contributed by atoms with Crippen LogP contribution in [-0.2, 0) is 0 Å². The van der Waals surface area contributed by atoms with E-state index in [1.165, 1.54) is 12.4 Å². The Hall–Kier alpha value is -4.07. The number of nitrogens with zero attached hydrogens (tertiary/aromatic N) is 4. The minimum Gasteiger partial charge on any atom is -0.349 e. The maximum atomic E-state index is 13.2. The third-order valence-corrected chi connectivity index (χ3v) is 7.44. The molecule has 2 N–H and O–H groups in total. The highest BCUT2D eigenvalue weighted by molar-refractivity contribution is 6.05. The fraction of sp³-hybridized carbons (Fsp3) is 0.296. The zero-order chi connectivity index (χ0) is 23.8. The van der Waals surface area contributed by atoms with Crippen molar-refractivity contribution in [3.05, 3.63) is 78.2 Å². The molecule has 2 amide bonds. The first kappa shape index (κ1) is 21.5. The number of rotatable bonds is 4. The van der Waals surface area contributed by atoms with Gasteiger partial charge in [0.25, 0.3) is 11.8 Å². The molecule has 176 valence electrons. The van der Waals surface area contributed by atoms with Gasteiger partial charge >= 0.3 is 0 Å². The van der Waals surface area contributed by atoms with Gasteiger partial charge in [-0.3, -0.25) is 14.7 Å². The normalized spacial score (nSPS) is 17.3. The van der Waals surface area contributed by atoms with Gasteiger partial charge in [0.2, 0.25) is 0 Å². The summed E-state index contributed by atoms with van der Waals surface area (Å²) in [5.74, 6) is -0.123. The molecule has 35 heavy (non-hydrogen) atoms. The number of H-pyrrole nitrogens is 1. The fourth-order valence-electron chi connectivity index (χ4n) is 5.43. The largest absolute Gasteiger partial charge is 0.349 e. The summed E-state index contributed by atoms with van der Waals surface area (Å²) in [4.78, 5) is 27.5. The lowest BCUT2D eigenvalue weighted by atomic mass is 9.67. The molecule has 0 unspecified atom stereocenters. The van der Waals surface area contributed by atoms with Gasteiger partial charge in [-0.2, -0.15) is 15.3 Å². The van der Waals surface area contributed by atoms with E-state index in [2.05, 4.69) is 37.8 Å². The summed E-state index contributed by atoms with van der Waals surface area (Å²) in [6, 6.07) is 18.1. The standard InChI is InChI=1S/C27H26N6O2/c34-25(20-10-13-28-29-15-20)30-21-8-11-27(12-9-21)16-33(17-27)26(35)24-22-7-6-19(14-23(22)31-32-24)18-4-2-1-3-5-18/h1-7,10,13-15,21H,8-9,11-12,16-17H2,(H,30,34)(H,31,32). The number of hydrogen-bond donors (Lipinski definition) is 2. The number of aromatic amines is 1. The van der Waals surface area contributed by atoms with Crippen LogP contribution in [0.15, 0.2) is 67.0 Å². The predicted molar refractivity (Wildman–Crippen MR) is 132 cm³/mol. The molecule has 4 aromatic rings. The number of carbonyl (C=O) groups excluding carboxylic acids is 2. The van der Waals surface area contributed by atoms with Gasteiger partial charge in [-0.05, 0) is 55.0 Å². The quantitative estimate of drug-likeness (QED) is 0.476. The Bertz CT molecular complexity index is 1370. The van der Waals surface area contributed by atoms with Crippen molar-refractivity contribution in [2.24, 2.45) is 5.41 Å². The first-order valence-electron chi connectivity index (χ1n) is 12.0. The summed E-state index contributed by atoms with van der Waals surface area (Å²) < 4.78 is 0. The maximum Gasteiger partial charge on any atom is 0.275 e. The average Bonchev–Trinajstić information content (AvgIpc) is 3.32. The van der Waals surface area contributed by atoms with Gasteiger partial charge in [0, 0.05) is 29.9 Å². The van der Waals surface area contributed by atoms with Gasteiger partial charge in [0.1, 0.15) is 0 Å². The Morgan fingerprint density at radius 1 is 0.971 bits per heavy atom. The number of amides is 2. The molecule has 2 aromatic heterocycles. The van der Waals surface area contributed by atoms with E-state index in [1.54, 1.807) is 6.07 Å². The summed E-state index contributed by atoms with van der Waals surface area (Å²) in [7, 11) is 0. The summed E-state index contributed by atoms with van der Waals surface area (Å²) in [6.45, 7) is 1.49. The van der Waals surface area contributed by atoms with Crippen LogP contribution in [0.25, 0.3) is 22.0 Å². The van der Waals surface area contributed by atoms with Crippen LogP contribution < -0.4 is 5.32 Å². The molecule has 8 nitrogen and oxygen atoms in total. The Morgan fingerprint density at radius 2 is 1.77 bits per heavy atom. The molecule has 3 heterocycles. The van der Waals surface area contributed by atoms with Crippen molar-refractivity contribution >= 4 is 22.7 Å². The summed E-state index contributed by atoms with van der Waals surface area (Å²) in [5.41, 5.74) is 4.26. The smallest absolute Gasteiger partial charge is 0.275 e. The average molecular weight is 467 g/mol. The fourth-order valence-corrected chi connectivity index (χ4v) is 5.43. The number of carbonyl (C=O) groups is 2. The molecule has 0 radical (unpaired) electrons. The molecule has 2 fully saturated rings. The van der Waals surface area contributed by atoms with Crippen LogP contribution in [-0.4, -0.2) is 56.2 Å². The van der Waals surface area contributed by atoms with Crippen LogP contribution in [0.5, 0.6) is 0 Å². The van der Waals surface area contributed by atoms with Gasteiger partial charge in [0.15, 0.2) is 5.69 Å². The molecule has 1 spiro atoms. The van der Waals surface area contributed by atoms with E-state index in [0.717, 1.165) is 60.8 Å². The van der Waals surface area contributed by atoms with Crippen LogP contribution >= 0.6 is 0 Å². The molecule has 1 aliphatic carbocycles. The highest BCUT2D eigenvalue weighted by Gasteiger charge is 2.47. The molecule has 0 atom stereocenters. The van der Waals surface area contributed by atoms with Crippen molar-refractivity contribution in [3.63, 3.8) is 0 Å². The number of aromatic nitrogens is 4. The number of fused-ring (bicyclic) bond motifs is 1. The van der Waals surface area contributed by atoms with Crippen molar-refractivity contribution < 1.29 is 9.59 Å². The summed E-state index contributed by atoms with van der Waals surface area (Å²) in [6.07, 6.45) is 6.84. The second-order valence-corrected chi connectivity index (χ2v) is 9.74. The monoisotopic (exact) mass is 466 g/mol. The molecule has 6 rings (SSSR count). The van der Waals surface area contributed by atoms with Crippen LogP contribution in [0, 0.1) is 5.41 Å². The Labute approximate surface area is 202 Å². The number of nitrogens with one attached hydrogen (secondary N) is 2. The van der Waals surface area contributed by atoms with Gasteiger partial charge in [0.05, 0.1) is 23.5 Å². The summed E-state index contributed by atoms with van der Waals surface area (Å²) >= 11 is 0. The van der Waals surface area contributed by atoms with Crippen LogP contribution in [0.1, 0.15) is 46.5 Å². The lowest BCUT2D eigenvalue weighted by Crippen LogP contribution is -2.60. The van der Waals surface area contributed by atoms with Crippen LogP contribution in [0.4, 0.5) is 0 Å². The van der Waals surface area contributed by atoms with Crippen molar-refractivity contribution in [2.45, 2.75) is 31.7 Å². The molecule has 0 bridgehead atoms. The molecular weight excluding hydrogens is 440 g/mol. The Kier molecular flexibility index (Phi) is 5.28. The Balaban J connectivity index is 1.07. The number of likely N-dealkylation sites (tertiary alicyclic amines) is 1. The van der Waals surface area contributed by atoms with E-state index >= 15 is 0 Å². The van der Waals surface area contributed by atoms with E-state index in [9.17, 15) is 9.59 Å². The van der Waals surface area contributed by atoms with Gasteiger partial charge < -0.3 is 10.2 Å². The van der Waals surface area contributed by atoms with Gasteiger partial charge in [-0.1, -0.05) is 36.4 Å². The first-order valence-corrected chi connectivity index (χ1v) is 12.0. The van der Waals surface area contributed by atoms with Crippen LogP contribution in [0.3, 0.4) is 0 Å². The molecular formula is C27H26N6O2. The first-order chi connectivity index (χ1) is 17.1. The lowest BCUT2D eigenvalue weighted by Gasteiger charge is -2.53. The van der Waals surface area contributed by atoms with Crippen molar-refractivity contribution in [1.29, 1.82) is 0 Å². The molecule has 8 heteroatoms.